The van der Waals surface area contributed by atoms with Gasteiger partial charge in [0.05, 0.1) is 0 Å². The lowest BCUT2D eigenvalue weighted by Crippen LogP contribution is -2.18. The predicted molar refractivity (Wildman–Crippen MR) is 83.5 cm³/mol. The van der Waals surface area contributed by atoms with Gasteiger partial charge in [0.25, 0.3) is 0 Å². The second-order valence-corrected chi connectivity index (χ2v) is 6.56. The van der Waals surface area contributed by atoms with Crippen molar-refractivity contribution in [2.24, 2.45) is 5.41 Å². The third kappa shape index (κ3) is 2.06. The van der Waals surface area contributed by atoms with Crippen LogP contribution in [-0.4, -0.2) is 0 Å². The molecule has 2 aliphatic rings. The second-order valence-electron chi connectivity index (χ2n) is 6.56. The van der Waals surface area contributed by atoms with Crippen molar-refractivity contribution in [3.8, 4) is 0 Å². The van der Waals surface area contributed by atoms with Gasteiger partial charge >= 0.3 is 0 Å². The molecule has 0 radical (unpaired) electrons. The Morgan fingerprint density at radius 3 is 2.37 bits per heavy atom. The molecule has 0 aromatic heterocycles. The summed E-state index contributed by atoms with van der Waals surface area (Å²) in [7, 11) is 0. The van der Waals surface area contributed by atoms with Gasteiger partial charge in [-0.2, -0.15) is 0 Å². The van der Waals surface area contributed by atoms with Crippen LogP contribution < -0.4 is 0 Å². The number of benzene rings is 1. The highest BCUT2D eigenvalue weighted by Gasteiger charge is 2.35. The largest absolute Gasteiger partial charge is 0.0764 e. The number of allylic oxidation sites excluding steroid dienone is 1. The number of fused-ring (bicyclic) bond motifs is 2. The zero-order valence-corrected chi connectivity index (χ0v) is 12.6. The van der Waals surface area contributed by atoms with Crippen molar-refractivity contribution >= 4 is 6.08 Å². The van der Waals surface area contributed by atoms with Gasteiger partial charge in [-0.1, -0.05) is 51.5 Å². The van der Waals surface area contributed by atoms with Crippen molar-refractivity contribution in [1.82, 2.24) is 0 Å². The maximum absolute atomic E-state index is 2.54. The van der Waals surface area contributed by atoms with Crippen molar-refractivity contribution in [3.05, 3.63) is 40.5 Å². The summed E-state index contributed by atoms with van der Waals surface area (Å²) in [5.41, 5.74) is 6.93. The van der Waals surface area contributed by atoms with E-state index in [0.29, 0.717) is 11.3 Å². The Kier molecular flexibility index (Phi) is 3.28. The van der Waals surface area contributed by atoms with E-state index in [0.717, 1.165) is 0 Å². The minimum absolute atomic E-state index is 0.557. The van der Waals surface area contributed by atoms with Crippen LogP contribution in [0.2, 0.25) is 0 Å². The maximum atomic E-state index is 2.54. The van der Waals surface area contributed by atoms with Gasteiger partial charge in [-0.05, 0) is 59.8 Å². The standard InChI is InChI=1S/C19H26/c1-4-7-14-8-9-15-10-16-12-19(5-2,6-3)13-17(16)11-18(14)15/h8-11,14H,4-7,12-13H2,1-3H3. The van der Waals surface area contributed by atoms with Crippen molar-refractivity contribution in [2.45, 2.75) is 65.2 Å². The van der Waals surface area contributed by atoms with Crippen LogP contribution in [0.4, 0.5) is 0 Å². The maximum Gasteiger partial charge on any atom is 0.00272 e. The fourth-order valence-electron chi connectivity index (χ4n) is 4.03. The molecule has 0 bridgehead atoms. The van der Waals surface area contributed by atoms with E-state index in [1.54, 1.807) is 16.7 Å². The molecule has 1 aromatic carbocycles. The van der Waals surface area contributed by atoms with E-state index in [2.05, 4.69) is 45.1 Å². The quantitative estimate of drug-likeness (QED) is 0.665. The molecular formula is C19H26. The summed E-state index contributed by atoms with van der Waals surface area (Å²) in [4.78, 5) is 0. The van der Waals surface area contributed by atoms with Gasteiger partial charge < -0.3 is 0 Å². The minimum atomic E-state index is 0.557. The third-order valence-electron chi connectivity index (χ3n) is 5.54. The van der Waals surface area contributed by atoms with Crippen LogP contribution in [0.1, 0.15) is 74.6 Å². The highest BCUT2D eigenvalue weighted by molar-refractivity contribution is 5.65. The number of hydrogen-bond acceptors (Lipinski definition) is 0. The summed E-state index contributed by atoms with van der Waals surface area (Å²) in [5, 5.41) is 0. The molecule has 0 nitrogen and oxygen atoms in total. The summed E-state index contributed by atoms with van der Waals surface area (Å²) < 4.78 is 0. The van der Waals surface area contributed by atoms with E-state index in [4.69, 9.17) is 0 Å². The molecule has 0 heteroatoms. The molecular weight excluding hydrogens is 228 g/mol. The first kappa shape index (κ1) is 13.0. The van der Waals surface area contributed by atoms with Crippen molar-refractivity contribution < 1.29 is 0 Å². The zero-order valence-electron chi connectivity index (χ0n) is 12.6. The Morgan fingerprint density at radius 1 is 1.05 bits per heavy atom. The molecule has 0 fully saturated rings. The molecule has 1 unspecified atom stereocenters. The molecule has 0 N–H and O–H groups in total. The summed E-state index contributed by atoms with van der Waals surface area (Å²) >= 11 is 0. The molecule has 102 valence electrons. The second kappa shape index (κ2) is 4.81. The van der Waals surface area contributed by atoms with E-state index in [-0.39, 0.29) is 0 Å². The first-order valence-corrected chi connectivity index (χ1v) is 8.05. The van der Waals surface area contributed by atoms with Crippen molar-refractivity contribution in [2.75, 3.05) is 0 Å². The molecule has 0 heterocycles. The minimum Gasteiger partial charge on any atom is -0.0764 e. The van der Waals surface area contributed by atoms with Gasteiger partial charge in [-0.25, -0.2) is 0 Å². The van der Waals surface area contributed by atoms with Crippen LogP contribution in [0.5, 0.6) is 0 Å². The van der Waals surface area contributed by atoms with Crippen LogP contribution in [0.25, 0.3) is 6.08 Å². The first-order chi connectivity index (χ1) is 9.21. The average Bonchev–Trinajstić information content (AvgIpc) is 2.98. The lowest BCUT2D eigenvalue weighted by Gasteiger charge is -2.25. The Morgan fingerprint density at radius 2 is 1.74 bits per heavy atom. The molecule has 0 spiro atoms. The SMILES string of the molecule is CCCC1C=Cc2cc3c(cc21)CC(CC)(CC)C3. The number of rotatable bonds is 4. The van der Waals surface area contributed by atoms with E-state index < -0.39 is 0 Å². The summed E-state index contributed by atoms with van der Waals surface area (Å²) in [6, 6.07) is 5.03. The number of hydrogen-bond donors (Lipinski definition) is 0. The topological polar surface area (TPSA) is 0 Å². The fourth-order valence-corrected chi connectivity index (χ4v) is 4.03. The molecule has 0 amide bonds. The molecule has 2 aliphatic carbocycles. The van der Waals surface area contributed by atoms with E-state index >= 15 is 0 Å². The molecule has 1 atom stereocenters. The summed E-state index contributed by atoms with van der Waals surface area (Å²) in [6.07, 6.45) is 12.6. The Hall–Kier alpha value is -1.04. The lowest BCUT2D eigenvalue weighted by atomic mass is 9.80. The van der Waals surface area contributed by atoms with Crippen LogP contribution in [0, 0.1) is 5.41 Å². The highest BCUT2D eigenvalue weighted by Crippen LogP contribution is 2.45. The molecule has 3 rings (SSSR count). The van der Waals surface area contributed by atoms with Crippen molar-refractivity contribution in [1.29, 1.82) is 0 Å². The van der Waals surface area contributed by atoms with Crippen LogP contribution in [0.3, 0.4) is 0 Å². The summed E-state index contributed by atoms with van der Waals surface area (Å²) in [6.45, 7) is 7.02. The average molecular weight is 254 g/mol. The van der Waals surface area contributed by atoms with E-state index in [9.17, 15) is 0 Å². The molecule has 0 saturated heterocycles. The molecule has 0 saturated carbocycles. The third-order valence-corrected chi connectivity index (χ3v) is 5.54. The Bertz CT molecular complexity index is 503. The smallest absolute Gasteiger partial charge is 0.00272 e. The van der Waals surface area contributed by atoms with E-state index in [1.807, 2.05) is 0 Å². The highest BCUT2D eigenvalue weighted by atomic mass is 14.4. The Balaban J connectivity index is 1.94. The van der Waals surface area contributed by atoms with Gasteiger partial charge in [-0.3, -0.25) is 0 Å². The van der Waals surface area contributed by atoms with Gasteiger partial charge in [0.2, 0.25) is 0 Å². The van der Waals surface area contributed by atoms with Crippen LogP contribution >= 0.6 is 0 Å². The molecule has 1 aromatic rings. The van der Waals surface area contributed by atoms with E-state index in [1.165, 1.54) is 44.1 Å². The van der Waals surface area contributed by atoms with Crippen molar-refractivity contribution in [3.63, 3.8) is 0 Å². The normalized spacial score (nSPS) is 22.6. The van der Waals surface area contributed by atoms with Gasteiger partial charge in [0.1, 0.15) is 0 Å². The monoisotopic (exact) mass is 254 g/mol. The Labute approximate surface area is 117 Å². The zero-order chi connectivity index (χ0) is 13.5. The van der Waals surface area contributed by atoms with Gasteiger partial charge in [-0.15, -0.1) is 0 Å². The summed E-state index contributed by atoms with van der Waals surface area (Å²) in [5.74, 6) is 0.684. The van der Waals surface area contributed by atoms with Gasteiger partial charge in [0, 0.05) is 5.92 Å². The van der Waals surface area contributed by atoms with Gasteiger partial charge in [0.15, 0.2) is 0 Å². The molecule has 19 heavy (non-hydrogen) atoms. The van der Waals surface area contributed by atoms with Crippen LogP contribution in [0.15, 0.2) is 18.2 Å². The van der Waals surface area contributed by atoms with Crippen LogP contribution in [-0.2, 0) is 12.8 Å². The lowest BCUT2D eigenvalue weighted by molar-refractivity contribution is 0.280. The fraction of sp³-hybridized carbons (Fsp3) is 0.579. The first-order valence-electron chi connectivity index (χ1n) is 8.05. The predicted octanol–water partition coefficient (Wildman–Crippen LogP) is 5.50. The molecule has 0 aliphatic heterocycles.